The summed E-state index contributed by atoms with van der Waals surface area (Å²) in [6.45, 7) is -0.278. The lowest BCUT2D eigenvalue weighted by Gasteiger charge is -2.18. The highest BCUT2D eigenvalue weighted by Crippen LogP contribution is 2.38. The van der Waals surface area contributed by atoms with Gasteiger partial charge in [0.15, 0.2) is 5.69 Å². The maximum atomic E-state index is 15.2. The van der Waals surface area contributed by atoms with Gasteiger partial charge < -0.3 is 9.47 Å². The van der Waals surface area contributed by atoms with E-state index in [1.807, 2.05) is 0 Å². The molecular formula is C18H15ClFN3O4. The second kappa shape index (κ2) is 7.63. The van der Waals surface area contributed by atoms with E-state index in [1.165, 1.54) is 20.3 Å². The Bertz CT molecular complexity index is 1020. The molecule has 3 aromatic rings. The highest BCUT2D eigenvalue weighted by Gasteiger charge is 2.25. The van der Waals surface area contributed by atoms with Gasteiger partial charge >= 0.3 is 5.69 Å². The smallest absolute Gasteiger partial charge is 0.313 e. The summed E-state index contributed by atoms with van der Waals surface area (Å²) in [7, 11) is 2.96. The first-order valence-corrected chi connectivity index (χ1v) is 8.19. The second-order valence-electron chi connectivity index (χ2n) is 5.61. The molecule has 0 aliphatic heterocycles. The van der Waals surface area contributed by atoms with Crippen LogP contribution in [0.15, 0.2) is 42.6 Å². The third-order valence-corrected chi connectivity index (χ3v) is 4.26. The number of hydrogen-bond donors (Lipinski definition) is 0. The van der Waals surface area contributed by atoms with Crippen molar-refractivity contribution < 1.29 is 18.9 Å². The molecule has 0 N–H and O–H groups in total. The Labute approximate surface area is 159 Å². The Balaban J connectivity index is 2.10. The van der Waals surface area contributed by atoms with Crippen LogP contribution in [-0.4, -0.2) is 24.1 Å². The van der Waals surface area contributed by atoms with E-state index in [0.29, 0.717) is 32.7 Å². The zero-order valence-corrected chi connectivity index (χ0v) is 15.2. The van der Waals surface area contributed by atoms with Gasteiger partial charge in [-0.15, -0.1) is 0 Å². The molecule has 0 aliphatic carbocycles. The van der Waals surface area contributed by atoms with Crippen molar-refractivity contribution in [3.05, 3.63) is 63.3 Å². The summed E-state index contributed by atoms with van der Waals surface area (Å²) >= 11 is 6.00. The van der Waals surface area contributed by atoms with Gasteiger partial charge in [-0.05, 0) is 30.3 Å². The van der Waals surface area contributed by atoms with Crippen molar-refractivity contribution in [2.45, 2.75) is 6.54 Å². The lowest BCUT2D eigenvalue weighted by atomic mass is 10.1. The first-order valence-electron chi connectivity index (χ1n) is 7.81. The van der Waals surface area contributed by atoms with Crippen LogP contribution in [0.4, 0.5) is 15.9 Å². The van der Waals surface area contributed by atoms with Crippen LogP contribution in [0.2, 0.25) is 5.02 Å². The van der Waals surface area contributed by atoms with E-state index in [-0.39, 0.29) is 17.6 Å². The van der Waals surface area contributed by atoms with Crippen LogP contribution in [0.3, 0.4) is 0 Å². The SMILES string of the molecule is COc1ccc(CN(F)c2c([N+](=O)[O-])cnc3ccc(Cl)cc23)c(OC)c1. The predicted molar refractivity (Wildman–Crippen MR) is 100 cm³/mol. The molecule has 27 heavy (non-hydrogen) atoms. The number of methoxy groups -OCH3 is 2. The highest BCUT2D eigenvalue weighted by molar-refractivity contribution is 6.31. The number of ether oxygens (including phenoxy) is 2. The second-order valence-corrected chi connectivity index (χ2v) is 6.05. The van der Waals surface area contributed by atoms with Gasteiger partial charge in [-0.3, -0.25) is 10.1 Å². The molecule has 0 fully saturated rings. The first kappa shape index (κ1) is 18.7. The molecule has 0 radical (unpaired) electrons. The van der Waals surface area contributed by atoms with Crippen LogP contribution >= 0.6 is 11.6 Å². The summed E-state index contributed by atoms with van der Waals surface area (Å²) in [5, 5.41) is 12.3. The molecule has 3 rings (SSSR count). The van der Waals surface area contributed by atoms with E-state index < -0.39 is 10.6 Å². The third-order valence-electron chi connectivity index (χ3n) is 4.02. The van der Waals surface area contributed by atoms with Gasteiger partial charge in [0.25, 0.3) is 0 Å². The van der Waals surface area contributed by atoms with Crippen LogP contribution in [0, 0.1) is 10.1 Å². The number of nitrogens with zero attached hydrogens (tertiary/aromatic N) is 3. The largest absolute Gasteiger partial charge is 0.497 e. The van der Waals surface area contributed by atoms with E-state index in [0.717, 1.165) is 6.20 Å². The van der Waals surface area contributed by atoms with E-state index in [9.17, 15) is 10.1 Å². The maximum absolute atomic E-state index is 15.2. The number of nitro groups is 1. The minimum atomic E-state index is -0.680. The zero-order valence-electron chi connectivity index (χ0n) is 14.5. The Kier molecular flexibility index (Phi) is 5.27. The Hall–Kier alpha value is -3.13. The fourth-order valence-electron chi connectivity index (χ4n) is 2.74. The van der Waals surface area contributed by atoms with Gasteiger partial charge in [0.05, 0.1) is 31.2 Å². The fourth-order valence-corrected chi connectivity index (χ4v) is 2.91. The molecule has 1 aromatic heterocycles. The van der Waals surface area contributed by atoms with E-state index in [2.05, 4.69) is 4.98 Å². The lowest BCUT2D eigenvalue weighted by molar-refractivity contribution is -0.384. The van der Waals surface area contributed by atoms with E-state index in [4.69, 9.17) is 21.1 Å². The molecule has 0 saturated carbocycles. The standard InChI is InChI=1S/C18H15ClFN3O4/c1-26-13-5-3-11(17(8-13)27-2)10-22(20)18-14-7-12(19)4-6-15(14)21-9-16(18)23(24)25/h3-9H,10H2,1-2H3. The number of benzene rings is 2. The van der Waals surface area contributed by atoms with Crippen molar-refractivity contribution in [3.63, 3.8) is 0 Å². The predicted octanol–water partition coefficient (Wildman–Crippen LogP) is 4.70. The number of fused-ring (bicyclic) bond motifs is 1. The van der Waals surface area contributed by atoms with Gasteiger partial charge in [0, 0.05) is 22.0 Å². The number of hydrogen-bond acceptors (Lipinski definition) is 6. The minimum Gasteiger partial charge on any atom is -0.497 e. The van der Waals surface area contributed by atoms with Crippen LogP contribution in [0.25, 0.3) is 10.9 Å². The molecule has 140 valence electrons. The molecule has 2 aromatic carbocycles. The molecule has 0 aliphatic rings. The normalized spacial score (nSPS) is 10.7. The van der Waals surface area contributed by atoms with Crippen molar-refractivity contribution in [3.8, 4) is 11.5 Å². The van der Waals surface area contributed by atoms with Crippen molar-refractivity contribution in [2.24, 2.45) is 0 Å². The van der Waals surface area contributed by atoms with Crippen LogP contribution in [0.5, 0.6) is 11.5 Å². The Morgan fingerprint density at radius 3 is 2.67 bits per heavy atom. The number of pyridine rings is 1. The zero-order chi connectivity index (χ0) is 19.6. The van der Waals surface area contributed by atoms with Gasteiger partial charge in [0.2, 0.25) is 0 Å². The van der Waals surface area contributed by atoms with Crippen molar-refractivity contribution in [2.75, 3.05) is 19.3 Å². The first-order chi connectivity index (χ1) is 12.9. The molecule has 9 heteroatoms. The van der Waals surface area contributed by atoms with Crippen LogP contribution < -0.4 is 14.6 Å². The molecule has 1 heterocycles. The average molecular weight is 392 g/mol. The highest BCUT2D eigenvalue weighted by atomic mass is 35.5. The topological polar surface area (TPSA) is 77.7 Å². The minimum absolute atomic E-state index is 0.217. The van der Waals surface area contributed by atoms with Crippen molar-refractivity contribution in [1.29, 1.82) is 0 Å². The molecule has 0 amide bonds. The third kappa shape index (κ3) is 3.70. The maximum Gasteiger partial charge on any atom is 0.313 e. The average Bonchev–Trinajstić information content (AvgIpc) is 2.66. The number of aromatic nitrogens is 1. The van der Waals surface area contributed by atoms with Gasteiger partial charge in [-0.25, -0.2) is 4.98 Å². The van der Waals surface area contributed by atoms with Gasteiger partial charge in [-0.1, -0.05) is 16.1 Å². The quantitative estimate of drug-likeness (QED) is 0.344. The number of anilines is 1. The van der Waals surface area contributed by atoms with E-state index >= 15 is 4.48 Å². The summed E-state index contributed by atoms with van der Waals surface area (Å²) in [4.78, 5) is 14.7. The lowest BCUT2D eigenvalue weighted by Crippen LogP contribution is -2.14. The van der Waals surface area contributed by atoms with Crippen LogP contribution in [-0.2, 0) is 6.54 Å². The summed E-state index contributed by atoms with van der Waals surface area (Å²) < 4.78 is 25.6. The monoisotopic (exact) mass is 391 g/mol. The Morgan fingerprint density at radius 1 is 1.22 bits per heavy atom. The molecule has 0 saturated heterocycles. The molecule has 0 bridgehead atoms. The van der Waals surface area contributed by atoms with Gasteiger partial charge in [0.1, 0.15) is 17.7 Å². The summed E-state index contributed by atoms with van der Waals surface area (Å²) in [5.74, 6) is 0.948. The fraction of sp³-hybridized carbons (Fsp3) is 0.167. The summed E-state index contributed by atoms with van der Waals surface area (Å²) in [6.07, 6.45) is 1.03. The van der Waals surface area contributed by atoms with Crippen molar-refractivity contribution >= 4 is 33.9 Å². The molecular weight excluding hydrogens is 377 g/mol. The molecule has 0 atom stereocenters. The molecule has 7 nitrogen and oxygen atoms in total. The molecule has 0 spiro atoms. The summed E-state index contributed by atoms with van der Waals surface area (Å²) in [6, 6.07) is 9.51. The number of halogens is 2. The number of rotatable bonds is 6. The summed E-state index contributed by atoms with van der Waals surface area (Å²) in [5.41, 5.74) is 0.205. The van der Waals surface area contributed by atoms with Crippen molar-refractivity contribution in [1.82, 2.24) is 4.98 Å². The Morgan fingerprint density at radius 2 is 2.00 bits per heavy atom. The van der Waals surface area contributed by atoms with E-state index in [1.54, 1.807) is 30.3 Å². The van der Waals surface area contributed by atoms with Gasteiger partial charge in [-0.2, -0.15) is 5.12 Å². The molecule has 0 unspecified atom stereocenters. The van der Waals surface area contributed by atoms with Crippen LogP contribution in [0.1, 0.15) is 5.56 Å².